The molecule has 0 fully saturated rings. The number of nitrogens with zero attached hydrogens (tertiary/aromatic N) is 2. The molecule has 0 aliphatic carbocycles. The van der Waals surface area contributed by atoms with Crippen molar-refractivity contribution in [2.45, 2.75) is 20.0 Å². The number of aromatic nitrogens is 2. The number of benzene rings is 1. The van der Waals surface area contributed by atoms with Crippen molar-refractivity contribution < 1.29 is 18.3 Å². The Morgan fingerprint density at radius 1 is 1.38 bits per heavy atom. The standard InChI is InChI=1S/C14H13ClF2N2O2/c1-8-11(13(15)19(2)18-8)7-12(20)9-3-5-10(6-4-9)21-14(16)17/h3-6,14H,7H2,1-2H3. The first-order valence-corrected chi connectivity index (χ1v) is 6.52. The molecule has 2 rings (SSSR count). The highest BCUT2D eigenvalue weighted by Crippen LogP contribution is 2.22. The Hall–Kier alpha value is -1.95. The third-order valence-electron chi connectivity index (χ3n) is 3.01. The predicted molar refractivity (Wildman–Crippen MR) is 74.1 cm³/mol. The van der Waals surface area contributed by atoms with Crippen molar-refractivity contribution in [3.05, 3.63) is 46.2 Å². The lowest BCUT2D eigenvalue weighted by Crippen LogP contribution is -2.06. The van der Waals surface area contributed by atoms with Crippen LogP contribution < -0.4 is 4.74 Å². The number of hydrogen-bond donors (Lipinski definition) is 0. The second kappa shape index (κ2) is 6.22. The van der Waals surface area contributed by atoms with Crippen molar-refractivity contribution in [3.63, 3.8) is 0 Å². The first-order valence-electron chi connectivity index (χ1n) is 6.14. The maximum Gasteiger partial charge on any atom is 0.387 e. The zero-order chi connectivity index (χ0) is 15.6. The number of halogens is 3. The van der Waals surface area contributed by atoms with E-state index in [4.69, 9.17) is 11.6 Å². The maximum atomic E-state index is 12.2. The molecule has 1 aromatic heterocycles. The van der Waals surface area contributed by atoms with Crippen LogP contribution >= 0.6 is 11.6 Å². The lowest BCUT2D eigenvalue weighted by Gasteiger charge is -2.05. The SMILES string of the molecule is Cc1nn(C)c(Cl)c1CC(=O)c1ccc(OC(F)F)cc1. The average Bonchev–Trinajstić information content (AvgIpc) is 2.65. The normalized spacial score (nSPS) is 11.0. The number of carbonyl (C=O) groups is 1. The highest BCUT2D eigenvalue weighted by atomic mass is 35.5. The van der Waals surface area contributed by atoms with Crippen LogP contribution in [0.5, 0.6) is 5.75 Å². The predicted octanol–water partition coefficient (Wildman–Crippen LogP) is 3.41. The van der Waals surface area contributed by atoms with E-state index in [9.17, 15) is 13.6 Å². The Bertz CT molecular complexity index is 654. The maximum absolute atomic E-state index is 12.2. The minimum absolute atomic E-state index is 0.0112. The second-order valence-electron chi connectivity index (χ2n) is 4.48. The number of ketones is 1. The molecular weight excluding hydrogens is 302 g/mol. The van der Waals surface area contributed by atoms with Gasteiger partial charge in [-0.2, -0.15) is 13.9 Å². The summed E-state index contributed by atoms with van der Waals surface area (Å²) >= 11 is 6.07. The second-order valence-corrected chi connectivity index (χ2v) is 4.84. The van der Waals surface area contributed by atoms with Crippen LogP contribution in [-0.4, -0.2) is 22.2 Å². The van der Waals surface area contributed by atoms with Crippen LogP contribution in [0.15, 0.2) is 24.3 Å². The van der Waals surface area contributed by atoms with E-state index in [1.807, 2.05) is 0 Å². The quantitative estimate of drug-likeness (QED) is 0.794. The van der Waals surface area contributed by atoms with Gasteiger partial charge in [0.25, 0.3) is 0 Å². The molecule has 112 valence electrons. The fourth-order valence-corrected chi connectivity index (χ4v) is 2.20. The summed E-state index contributed by atoms with van der Waals surface area (Å²) in [6, 6.07) is 5.55. The van der Waals surface area contributed by atoms with E-state index in [0.29, 0.717) is 22.0 Å². The van der Waals surface area contributed by atoms with Crippen LogP contribution in [0.1, 0.15) is 21.6 Å². The van der Waals surface area contributed by atoms with Crippen LogP contribution in [0.25, 0.3) is 0 Å². The molecule has 2 aromatic rings. The molecule has 0 spiro atoms. The zero-order valence-electron chi connectivity index (χ0n) is 11.4. The minimum Gasteiger partial charge on any atom is -0.435 e. The van der Waals surface area contributed by atoms with Crippen LogP contribution in [-0.2, 0) is 13.5 Å². The molecule has 0 amide bonds. The van der Waals surface area contributed by atoms with Crippen molar-refractivity contribution >= 4 is 17.4 Å². The van der Waals surface area contributed by atoms with Gasteiger partial charge in [0.15, 0.2) is 5.78 Å². The fourth-order valence-electron chi connectivity index (χ4n) is 1.96. The summed E-state index contributed by atoms with van der Waals surface area (Å²) in [5, 5.41) is 4.55. The van der Waals surface area contributed by atoms with Gasteiger partial charge in [0.2, 0.25) is 0 Å². The average molecular weight is 315 g/mol. The fraction of sp³-hybridized carbons (Fsp3) is 0.286. The molecule has 0 saturated carbocycles. The molecule has 21 heavy (non-hydrogen) atoms. The zero-order valence-corrected chi connectivity index (χ0v) is 12.2. The van der Waals surface area contributed by atoms with Gasteiger partial charge in [-0.15, -0.1) is 0 Å². The number of hydrogen-bond acceptors (Lipinski definition) is 3. The van der Waals surface area contributed by atoms with E-state index in [1.54, 1.807) is 14.0 Å². The Balaban J connectivity index is 2.13. The molecule has 7 heteroatoms. The Labute approximate surface area is 125 Å². The van der Waals surface area contributed by atoms with E-state index >= 15 is 0 Å². The van der Waals surface area contributed by atoms with Crippen molar-refractivity contribution in [1.29, 1.82) is 0 Å². The Morgan fingerprint density at radius 3 is 2.48 bits per heavy atom. The number of alkyl halides is 2. The molecule has 0 unspecified atom stereocenters. The van der Waals surface area contributed by atoms with Crippen molar-refractivity contribution in [2.24, 2.45) is 7.05 Å². The largest absolute Gasteiger partial charge is 0.435 e. The van der Waals surface area contributed by atoms with Gasteiger partial charge in [0.05, 0.1) is 5.69 Å². The van der Waals surface area contributed by atoms with E-state index in [-0.39, 0.29) is 18.0 Å². The molecule has 0 N–H and O–H groups in total. The molecule has 4 nitrogen and oxygen atoms in total. The molecule has 0 radical (unpaired) electrons. The van der Waals surface area contributed by atoms with Gasteiger partial charge in [-0.3, -0.25) is 9.48 Å². The van der Waals surface area contributed by atoms with E-state index in [0.717, 1.165) is 0 Å². The topological polar surface area (TPSA) is 44.1 Å². The number of rotatable bonds is 5. The highest BCUT2D eigenvalue weighted by Gasteiger charge is 2.16. The number of aryl methyl sites for hydroxylation is 2. The van der Waals surface area contributed by atoms with Gasteiger partial charge in [-0.05, 0) is 31.2 Å². The smallest absolute Gasteiger partial charge is 0.387 e. The molecule has 1 aromatic carbocycles. The van der Waals surface area contributed by atoms with Gasteiger partial charge in [-0.25, -0.2) is 0 Å². The summed E-state index contributed by atoms with van der Waals surface area (Å²) in [7, 11) is 1.69. The van der Waals surface area contributed by atoms with Crippen molar-refractivity contribution in [3.8, 4) is 5.75 Å². The Kier molecular flexibility index (Phi) is 4.57. The van der Waals surface area contributed by atoms with Crippen molar-refractivity contribution in [1.82, 2.24) is 9.78 Å². The van der Waals surface area contributed by atoms with Gasteiger partial charge in [-0.1, -0.05) is 11.6 Å². The lowest BCUT2D eigenvalue weighted by molar-refractivity contribution is -0.0498. The minimum atomic E-state index is -2.89. The summed E-state index contributed by atoms with van der Waals surface area (Å²) in [4.78, 5) is 12.2. The lowest BCUT2D eigenvalue weighted by atomic mass is 10.0. The van der Waals surface area contributed by atoms with Crippen LogP contribution in [0.2, 0.25) is 5.15 Å². The molecular formula is C14H13ClF2N2O2. The van der Waals surface area contributed by atoms with Gasteiger partial charge in [0.1, 0.15) is 10.9 Å². The molecule has 1 heterocycles. The van der Waals surface area contributed by atoms with Crippen LogP contribution in [0.4, 0.5) is 8.78 Å². The monoisotopic (exact) mass is 314 g/mol. The van der Waals surface area contributed by atoms with Gasteiger partial charge < -0.3 is 4.74 Å². The third kappa shape index (κ3) is 3.58. The number of ether oxygens (including phenoxy) is 1. The summed E-state index contributed by atoms with van der Waals surface area (Å²) in [5.74, 6) is -0.159. The van der Waals surface area contributed by atoms with E-state index < -0.39 is 6.61 Å². The molecule has 0 aliphatic rings. The van der Waals surface area contributed by atoms with Crippen LogP contribution in [0.3, 0.4) is 0 Å². The summed E-state index contributed by atoms with van der Waals surface area (Å²) in [5.41, 5.74) is 1.75. The van der Waals surface area contributed by atoms with Crippen molar-refractivity contribution in [2.75, 3.05) is 0 Å². The van der Waals surface area contributed by atoms with Gasteiger partial charge >= 0.3 is 6.61 Å². The first kappa shape index (κ1) is 15.4. The molecule has 0 bridgehead atoms. The van der Waals surface area contributed by atoms with Crippen LogP contribution in [0, 0.1) is 6.92 Å². The summed E-state index contributed by atoms with van der Waals surface area (Å²) in [6.45, 7) is -1.11. The number of Topliss-reactive ketones (excluding diaryl/α,β-unsaturated/α-hetero) is 1. The Morgan fingerprint density at radius 2 is 2.00 bits per heavy atom. The van der Waals surface area contributed by atoms with E-state index in [1.165, 1.54) is 28.9 Å². The summed E-state index contributed by atoms with van der Waals surface area (Å²) < 4.78 is 29.8. The highest BCUT2D eigenvalue weighted by molar-refractivity contribution is 6.30. The number of carbonyl (C=O) groups excluding carboxylic acids is 1. The molecule has 0 aliphatic heterocycles. The first-order chi connectivity index (χ1) is 9.88. The van der Waals surface area contributed by atoms with E-state index in [2.05, 4.69) is 9.84 Å². The third-order valence-corrected chi connectivity index (χ3v) is 3.48. The molecule has 0 saturated heterocycles. The van der Waals surface area contributed by atoms with Gasteiger partial charge in [0, 0.05) is 24.6 Å². The molecule has 0 atom stereocenters. The summed E-state index contributed by atoms with van der Waals surface area (Å²) in [6.07, 6.45) is 0.105.